The van der Waals surface area contributed by atoms with E-state index >= 15 is 0 Å². The summed E-state index contributed by atoms with van der Waals surface area (Å²) in [7, 11) is 3.87. The SMILES string of the molecule is Cn1c(/N=N/c2ccc(N3CCCC3C(=O)O)cc2)[n+](C)c2ccc(N)cc21. The van der Waals surface area contributed by atoms with Crippen molar-refractivity contribution in [1.82, 2.24) is 4.57 Å². The second kappa shape index (κ2) is 6.95. The van der Waals surface area contributed by atoms with Gasteiger partial charge in [0.1, 0.15) is 22.8 Å². The maximum Gasteiger partial charge on any atom is 0.422 e. The average molecular weight is 379 g/mol. The van der Waals surface area contributed by atoms with Crippen LogP contribution in [0.3, 0.4) is 0 Å². The van der Waals surface area contributed by atoms with E-state index in [-0.39, 0.29) is 0 Å². The Labute approximate surface area is 162 Å². The number of imidazole rings is 1. The zero-order chi connectivity index (χ0) is 19.8. The van der Waals surface area contributed by atoms with Gasteiger partial charge >= 0.3 is 11.9 Å². The molecule has 8 nitrogen and oxygen atoms in total. The molecule has 3 aromatic rings. The number of aromatic nitrogens is 2. The first kappa shape index (κ1) is 18.0. The van der Waals surface area contributed by atoms with Crippen molar-refractivity contribution in [2.45, 2.75) is 18.9 Å². The Bertz CT molecular complexity index is 1070. The van der Waals surface area contributed by atoms with Crippen LogP contribution in [0.1, 0.15) is 12.8 Å². The Balaban J connectivity index is 1.59. The lowest BCUT2D eigenvalue weighted by Crippen LogP contribution is -2.35. The van der Waals surface area contributed by atoms with Crippen LogP contribution in [-0.4, -0.2) is 28.2 Å². The number of nitrogens with two attached hydrogens (primary N) is 1. The van der Waals surface area contributed by atoms with Crippen LogP contribution in [-0.2, 0) is 18.9 Å². The molecular weight excluding hydrogens is 356 g/mol. The van der Waals surface area contributed by atoms with E-state index in [1.165, 1.54) is 0 Å². The molecular formula is C20H23N6O2+. The number of carboxylic acids is 1. The van der Waals surface area contributed by atoms with Gasteiger partial charge in [0.05, 0.1) is 14.1 Å². The second-order valence-electron chi connectivity index (χ2n) is 7.07. The summed E-state index contributed by atoms with van der Waals surface area (Å²) in [5.74, 6) is -0.0691. The maximum atomic E-state index is 11.4. The van der Waals surface area contributed by atoms with Gasteiger partial charge in [0.2, 0.25) is 0 Å². The van der Waals surface area contributed by atoms with Gasteiger partial charge < -0.3 is 15.7 Å². The summed E-state index contributed by atoms with van der Waals surface area (Å²) >= 11 is 0. The van der Waals surface area contributed by atoms with Crippen molar-refractivity contribution in [2.24, 2.45) is 24.3 Å². The lowest BCUT2D eigenvalue weighted by atomic mass is 10.2. The molecule has 0 spiro atoms. The third-order valence-corrected chi connectivity index (χ3v) is 5.30. The largest absolute Gasteiger partial charge is 0.480 e. The molecule has 1 fully saturated rings. The van der Waals surface area contributed by atoms with E-state index in [0.717, 1.165) is 29.7 Å². The molecule has 1 aliphatic rings. The van der Waals surface area contributed by atoms with E-state index < -0.39 is 12.0 Å². The second-order valence-corrected chi connectivity index (χ2v) is 7.07. The Morgan fingerprint density at radius 2 is 1.96 bits per heavy atom. The summed E-state index contributed by atoms with van der Waals surface area (Å²) in [6.45, 7) is 0.757. The minimum atomic E-state index is -0.773. The van der Waals surface area contributed by atoms with Gasteiger partial charge in [-0.25, -0.2) is 13.9 Å². The predicted octanol–water partition coefficient (Wildman–Crippen LogP) is 3.05. The summed E-state index contributed by atoms with van der Waals surface area (Å²) in [5, 5.41) is 18.1. The van der Waals surface area contributed by atoms with Gasteiger partial charge in [-0.15, -0.1) is 0 Å². The number of benzene rings is 2. The average Bonchev–Trinajstić information content (AvgIpc) is 3.26. The first-order valence-electron chi connectivity index (χ1n) is 9.21. The van der Waals surface area contributed by atoms with E-state index in [1.54, 1.807) is 0 Å². The van der Waals surface area contributed by atoms with Crippen LogP contribution in [0.15, 0.2) is 52.7 Å². The highest BCUT2D eigenvalue weighted by molar-refractivity contribution is 5.79. The molecule has 1 aromatic heterocycles. The number of nitrogen functional groups attached to an aromatic ring is 1. The Morgan fingerprint density at radius 1 is 1.21 bits per heavy atom. The third kappa shape index (κ3) is 3.06. The number of aryl methyl sites for hydroxylation is 2. The highest BCUT2D eigenvalue weighted by Crippen LogP contribution is 2.28. The normalized spacial score (nSPS) is 17.1. The van der Waals surface area contributed by atoms with Gasteiger partial charge in [-0.1, -0.05) is 5.11 Å². The topological polar surface area (TPSA) is 100 Å². The van der Waals surface area contributed by atoms with Gasteiger partial charge in [0.15, 0.2) is 0 Å². The maximum absolute atomic E-state index is 11.4. The van der Waals surface area contributed by atoms with Crippen LogP contribution in [0.5, 0.6) is 0 Å². The first-order valence-corrected chi connectivity index (χ1v) is 9.21. The van der Waals surface area contributed by atoms with Crippen LogP contribution in [0.2, 0.25) is 0 Å². The first-order chi connectivity index (χ1) is 13.5. The van der Waals surface area contributed by atoms with Crippen molar-refractivity contribution in [3.63, 3.8) is 0 Å². The number of carboxylic acid groups (broad SMARTS) is 1. The highest BCUT2D eigenvalue weighted by Gasteiger charge is 2.30. The molecule has 0 amide bonds. The molecule has 1 unspecified atom stereocenters. The number of hydrogen-bond acceptors (Lipinski definition) is 5. The molecule has 0 aliphatic carbocycles. The molecule has 0 saturated carbocycles. The molecule has 0 radical (unpaired) electrons. The van der Waals surface area contributed by atoms with Crippen LogP contribution >= 0.6 is 0 Å². The summed E-state index contributed by atoms with van der Waals surface area (Å²) in [6.07, 6.45) is 1.57. The van der Waals surface area contributed by atoms with E-state index in [9.17, 15) is 9.90 Å². The van der Waals surface area contributed by atoms with Gasteiger partial charge in [0.25, 0.3) is 0 Å². The van der Waals surface area contributed by atoms with Gasteiger partial charge in [0, 0.05) is 29.1 Å². The lowest BCUT2D eigenvalue weighted by Gasteiger charge is -2.23. The molecule has 28 heavy (non-hydrogen) atoms. The summed E-state index contributed by atoms with van der Waals surface area (Å²) in [6, 6.07) is 12.8. The number of anilines is 2. The van der Waals surface area contributed by atoms with Gasteiger partial charge in [-0.2, -0.15) is 0 Å². The van der Waals surface area contributed by atoms with Crippen LogP contribution in [0, 0.1) is 0 Å². The van der Waals surface area contributed by atoms with E-state index in [1.807, 2.05) is 70.6 Å². The molecule has 0 bridgehead atoms. The number of hydrogen-bond donors (Lipinski definition) is 2. The minimum absolute atomic E-state index is 0.449. The number of fused-ring (bicyclic) bond motifs is 1. The van der Waals surface area contributed by atoms with Gasteiger partial charge in [-0.05, 0) is 49.2 Å². The van der Waals surface area contributed by atoms with Crippen LogP contribution in [0.25, 0.3) is 11.0 Å². The van der Waals surface area contributed by atoms with Crippen molar-refractivity contribution in [1.29, 1.82) is 0 Å². The summed E-state index contributed by atoms with van der Waals surface area (Å²) in [5.41, 5.74) is 10.2. The highest BCUT2D eigenvalue weighted by atomic mass is 16.4. The molecule has 1 atom stereocenters. The Hall–Kier alpha value is -3.42. The minimum Gasteiger partial charge on any atom is -0.480 e. The van der Waals surface area contributed by atoms with Crippen LogP contribution < -0.4 is 15.2 Å². The number of azo groups is 1. The Kier molecular flexibility index (Phi) is 4.46. The zero-order valence-electron chi connectivity index (χ0n) is 15.9. The number of rotatable bonds is 4. The summed E-state index contributed by atoms with van der Waals surface area (Å²) < 4.78 is 3.92. The van der Waals surface area contributed by atoms with E-state index in [4.69, 9.17) is 5.73 Å². The summed E-state index contributed by atoms with van der Waals surface area (Å²) in [4.78, 5) is 13.3. The number of nitrogens with zero attached hydrogens (tertiary/aromatic N) is 5. The number of aliphatic carboxylic acids is 1. The molecule has 4 rings (SSSR count). The smallest absolute Gasteiger partial charge is 0.422 e. The molecule has 1 aliphatic heterocycles. The molecule has 8 heteroatoms. The van der Waals surface area contributed by atoms with Crippen LogP contribution in [0.4, 0.5) is 23.0 Å². The molecule has 2 heterocycles. The van der Waals surface area contributed by atoms with Crippen molar-refractivity contribution in [3.05, 3.63) is 42.5 Å². The third-order valence-electron chi connectivity index (χ3n) is 5.30. The van der Waals surface area contributed by atoms with Crippen molar-refractivity contribution in [3.8, 4) is 0 Å². The fourth-order valence-corrected chi connectivity index (χ4v) is 3.81. The van der Waals surface area contributed by atoms with Crippen molar-refractivity contribution >= 4 is 40.0 Å². The van der Waals surface area contributed by atoms with E-state index in [0.29, 0.717) is 23.7 Å². The molecule has 2 aromatic carbocycles. The Morgan fingerprint density at radius 3 is 2.68 bits per heavy atom. The fourth-order valence-electron chi connectivity index (χ4n) is 3.81. The molecule has 1 saturated heterocycles. The molecule has 3 N–H and O–H groups in total. The van der Waals surface area contributed by atoms with E-state index in [2.05, 4.69) is 10.2 Å². The van der Waals surface area contributed by atoms with Crippen molar-refractivity contribution < 1.29 is 14.5 Å². The zero-order valence-corrected chi connectivity index (χ0v) is 15.9. The quantitative estimate of drug-likeness (QED) is 0.413. The van der Waals surface area contributed by atoms with Crippen molar-refractivity contribution in [2.75, 3.05) is 17.2 Å². The predicted molar refractivity (Wildman–Crippen MR) is 107 cm³/mol. The number of carbonyl (C=O) groups is 1. The standard InChI is InChI=1S/C20H22N6O2/c1-24-16-10-5-13(21)12-18(16)25(2)20(24)23-22-14-6-8-15(9-7-14)26-11-3-4-17(26)19(27)28/h5-10,12,17H,3-4,11H2,1-2H3,(H2-,21,22,27,28)/p+1. The lowest BCUT2D eigenvalue weighted by molar-refractivity contribution is -0.632. The van der Waals surface area contributed by atoms with Gasteiger partial charge in [-0.3, -0.25) is 0 Å². The molecule has 144 valence electrons. The monoisotopic (exact) mass is 379 g/mol. The fraction of sp³-hybridized carbons (Fsp3) is 0.300.